The fraction of sp³-hybridized carbons (Fsp3) is 0.297. The van der Waals surface area contributed by atoms with Crippen LogP contribution in [0.15, 0.2) is 108 Å². The molecule has 264 valence electrons. The van der Waals surface area contributed by atoms with Gasteiger partial charge in [-0.2, -0.15) is 13.2 Å². The van der Waals surface area contributed by atoms with E-state index in [9.17, 15) is 35.6 Å². The molecule has 0 aliphatic heterocycles. The van der Waals surface area contributed by atoms with Crippen molar-refractivity contribution in [2.45, 2.75) is 68.2 Å². The molecular weight excluding hydrogens is 694 g/mol. The molecule has 13 heteroatoms. The first-order valence-corrected chi connectivity index (χ1v) is 18.0. The number of nitrogens with zero attached hydrogens (tertiary/aromatic N) is 2. The number of hydrogen-bond acceptors (Lipinski definition) is 4. The van der Waals surface area contributed by atoms with Crippen molar-refractivity contribution in [2.75, 3.05) is 10.8 Å². The van der Waals surface area contributed by atoms with Crippen molar-refractivity contribution in [1.82, 2.24) is 10.2 Å². The molecule has 0 spiro atoms. The highest BCUT2D eigenvalue weighted by atomic mass is 35.5. The van der Waals surface area contributed by atoms with Gasteiger partial charge in [-0.15, -0.1) is 0 Å². The molecule has 50 heavy (non-hydrogen) atoms. The third-order valence-corrected chi connectivity index (χ3v) is 10.7. The Morgan fingerprint density at radius 2 is 1.46 bits per heavy atom. The van der Waals surface area contributed by atoms with Crippen molar-refractivity contribution in [3.05, 3.63) is 131 Å². The number of carbonyl (C=O) groups is 2. The normalized spacial score (nSPS) is 14.5. The van der Waals surface area contributed by atoms with Crippen LogP contribution >= 0.6 is 11.6 Å². The van der Waals surface area contributed by atoms with Crippen molar-refractivity contribution in [3.8, 4) is 0 Å². The highest BCUT2D eigenvalue weighted by molar-refractivity contribution is 7.92. The zero-order valence-electron chi connectivity index (χ0n) is 27.0. The standard InChI is InChI=1S/C37H36ClF4N3O4S/c38-32-21-18-28(37(40,41)42)23-33(32)45(50(48,49)31-14-8-3-9-15-31)25-35(46)44(24-27-16-19-29(39)20-17-27)34(22-26-10-4-1-5-11-26)36(47)43-30-12-6-2-7-13-30/h1,3-5,8-11,14-21,23,30,34H,2,6-7,12-13,22,24-25H2,(H,43,47)/t34-/m1/s1. The van der Waals surface area contributed by atoms with Crippen LogP contribution in [-0.4, -0.2) is 43.8 Å². The number of anilines is 1. The van der Waals surface area contributed by atoms with Gasteiger partial charge in [0.25, 0.3) is 10.0 Å². The van der Waals surface area contributed by atoms with Gasteiger partial charge in [0, 0.05) is 19.0 Å². The number of amides is 2. The zero-order chi connectivity index (χ0) is 35.9. The smallest absolute Gasteiger partial charge is 0.352 e. The molecule has 1 N–H and O–H groups in total. The van der Waals surface area contributed by atoms with Crippen LogP contribution in [0.1, 0.15) is 48.8 Å². The van der Waals surface area contributed by atoms with Gasteiger partial charge in [-0.05, 0) is 66.4 Å². The van der Waals surface area contributed by atoms with E-state index in [0.717, 1.165) is 38.2 Å². The molecule has 1 atom stereocenters. The summed E-state index contributed by atoms with van der Waals surface area (Å²) in [6, 6.07) is 22.1. The van der Waals surface area contributed by atoms with Crippen molar-refractivity contribution >= 4 is 39.1 Å². The minimum atomic E-state index is -4.85. The van der Waals surface area contributed by atoms with Crippen LogP contribution < -0.4 is 9.62 Å². The lowest BCUT2D eigenvalue weighted by Gasteiger charge is -2.35. The third-order valence-electron chi connectivity index (χ3n) is 8.64. The maximum absolute atomic E-state index is 14.6. The van der Waals surface area contributed by atoms with Gasteiger partial charge >= 0.3 is 6.18 Å². The minimum Gasteiger partial charge on any atom is -0.352 e. The molecule has 0 aromatic heterocycles. The Morgan fingerprint density at radius 1 is 0.840 bits per heavy atom. The van der Waals surface area contributed by atoms with E-state index in [1.807, 2.05) is 0 Å². The van der Waals surface area contributed by atoms with Crippen molar-refractivity contribution in [1.29, 1.82) is 0 Å². The summed E-state index contributed by atoms with van der Waals surface area (Å²) >= 11 is 6.37. The van der Waals surface area contributed by atoms with E-state index in [-0.39, 0.29) is 28.9 Å². The lowest BCUT2D eigenvalue weighted by Crippen LogP contribution is -2.55. The van der Waals surface area contributed by atoms with E-state index in [1.165, 1.54) is 53.4 Å². The van der Waals surface area contributed by atoms with Gasteiger partial charge in [-0.3, -0.25) is 13.9 Å². The van der Waals surface area contributed by atoms with Gasteiger partial charge in [-0.1, -0.05) is 91.5 Å². The molecule has 4 aromatic rings. The van der Waals surface area contributed by atoms with Gasteiger partial charge < -0.3 is 10.2 Å². The molecule has 7 nitrogen and oxygen atoms in total. The van der Waals surface area contributed by atoms with Gasteiger partial charge in [0.15, 0.2) is 0 Å². The summed E-state index contributed by atoms with van der Waals surface area (Å²) in [7, 11) is -4.69. The monoisotopic (exact) mass is 729 g/mol. The summed E-state index contributed by atoms with van der Waals surface area (Å²) in [4.78, 5) is 29.7. The van der Waals surface area contributed by atoms with Crippen LogP contribution in [0, 0.1) is 5.82 Å². The number of carbonyl (C=O) groups excluding carboxylic acids is 2. The molecule has 1 aliphatic rings. The molecular formula is C37H36ClF4N3O4S. The van der Waals surface area contributed by atoms with Gasteiger partial charge in [-0.25, -0.2) is 12.8 Å². The summed E-state index contributed by atoms with van der Waals surface area (Å²) < 4.78 is 84.4. The number of sulfonamides is 1. The Balaban J connectivity index is 1.61. The summed E-state index contributed by atoms with van der Waals surface area (Å²) in [5.41, 5.74) is -0.581. The van der Waals surface area contributed by atoms with E-state index >= 15 is 0 Å². The fourth-order valence-electron chi connectivity index (χ4n) is 6.00. The predicted octanol–water partition coefficient (Wildman–Crippen LogP) is 7.78. The number of nitrogens with one attached hydrogen (secondary N) is 1. The number of halogens is 5. The molecule has 0 unspecified atom stereocenters. The number of benzene rings is 4. The lowest BCUT2D eigenvalue weighted by molar-refractivity contribution is -0.140. The SMILES string of the molecule is O=C(NC1CCCCC1)[C@@H](Cc1ccccc1)N(Cc1ccc(F)cc1)C(=O)CN(c1cc(C(F)(F)F)ccc1Cl)S(=O)(=O)c1ccccc1. The maximum Gasteiger partial charge on any atom is 0.416 e. The second kappa shape index (κ2) is 16.1. The summed E-state index contributed by atoms with van der Waals surface area (Å²) in [5.74, 6) is -1.88. The van der Waals surface area contributed by atoms with Crippen LogP contribution in [0.5, 0.6) is 0 Å². The van der Waals surface area contributed by atoms with Gasteiger partial charge in [0.2, 0.25) is 11.8 Å². The first-order valence-electron chi connectivity index (χ1n) is 16.2. The second-order valence-corrected chi connectivity index (χ2v) is 14.5. The highest BCUT2D eigenvalue weighted by Crippen LogP contribution is 2.37. The molecule has 4 aromatic carbocycles. The molecule has 1 fully saturated rings. The first kappa shape index (κ1) is 36.9. The van der Waals surface area contributed by atoms with Crippen molar-refractivity contribution in [3.63, 3.8) is 0 Å². The highest BCUT2D eigenvalue weighted by Gasteiger charge is 2.38. The van der Waals surface area contributed by atoms with Crippen LogP contribution in [0.3, 0.4) is 0 Å². The van der Waals surface area contributed by atoms with Crippen molar-refractivity contribution in [2.24, 2.45) is 0 Å². The van der Waals surface area contributed by atoms with Crippen LogP contribution in [0.25, 0.3) is 0 Å². The topological polar surface area (TPSA) is 86.8 Å². The molecule has 2 amide bonds. The summed E-state index contributed by atoms with van der Waals surface area (Å²) in [5, 5.41) is 2.73. The second-order valence-electron chi connectivity index (χ2n) is 12.2. The molecule has 0 heterocycles. The number of alkyl halides is 3. The van der Waals surface area contributed by atoms with E-state index in [1.54, 1.807) is 36.4 Å². The minimum absolute atomic E-state index is 0.0437. The molecule has 0 saturated heterocycles. The van der Waals surface area contributed by atoms with E-state index < -0.39 is 57.7 Å². The largest absolute Gasteiger partial charge is 0.416 e. The van der Waals surface area contributed by atoms with Gasteiger partial charge in [0.05, 0.1) is 21.2 Å². The number of rotatable bonds is 12. The Bertz CT molecular complexity index is 1870. The molecule has 1 saturated carbocycles. The number of hydrogen-bond donors (Lipinski definition) is 1. The van der Waals surface area contributed by atoms with Gasteiger partial charge in [0.1, 0.15) is 18.4 Å². The third kappa shape index (κ3) is 9.22. The zero-order valence-corrected chi connectivity index (χ0v) is 28.5. The Morgan fingerprint density at radius 3 is 2.08 bits per heavy atom. The fourth-order valence-corrected chi connectivity index (χ4v) is 7.71. The molecule has 0 radical (unpaired) electrons. The van der Waals surface area contributed by atoms with E-state index in [2.05, 4.69) is 5.32 Å². The molecule has 0 bridgehead atoms. The lowest BCUT2D eigenvalue weighted by atomic mass is 9.94. The summed E-state index contributed by atoms with van der Waals surface area (Å²) in [6.07, 6.45) is -0.397. The Hall–Kier alpha value is -4.42. The van der Waals surface area contributed by atoms with Crippen molar-refractivity contribution < 1.29 is 35.6 Å². The summed E-state index contributed by atoms with van der Waals surface area (Å²) in [6.45, 7) is -1.23. The predicted molar refractivity (Wildman–Crippen MR) is 183 cm³/mol. The van der Waals surface area contributed by atoms with Crippen LogP contribution in [0.4, 0.5) is 23.2 Å². The average molecular weight is 730 g/mol. The quantitative estimate of drug-likeness (QED) is 0.151. The van der Waals surface area contributed by atoms with Crippen LogP contribution in [-0.2, 0) is 38.8 Å². The average Bonchev–Trinajstić information content (AvgIpc) is 3.10. The Kier molecular flexibility index (Phi) is 11.8. The Labute approximate surface area is 293 Å². The van der Waals surface area contributed by atoms with E-state index in [4.69, 9.17) is 11.6 Å². The maximum atomic E-state index is 14.6. The molecule has 1 aliphatic carbocycles. The van der Waals surface area contributed by atoms with Crippen LogP contribution in [0.2, 0.25) is 5.02 Å². The first-order chi connectivity index (χ1) is 23.8. The molecule has 5 rings (SSSR count). The van der Waals surface area contributed by atoms with E-state index in [0.29, 0.717) is 27.6 Å².